The van der Waals surface area contributed by atoms with Crippen molar-refractivity contribution in [3.63, 3.8) is 0 Å². The maximum atomic E-state index is 13.2. The molecule has 1 fully saturated rings. The minimum absolute atomic E-state index is 0.0926. The van der Waals surface area contributed by atoms with E-state index in [9.17, 15) is 19.2 Å². The molecular weight excluding hydrogens is 464 g/mol. The zero-order valence-corrected chi connectivity index (χ0v) is 20.1. The average Bonchev–Trinajstić information content (AvgIpc) is 3.16. The van der Waals surface area contributed by atoms with Crippen molar-refractivity contribution in [3.05, 3.63) is 66.2 Å². The zero-order chi connectivity index (χ0) is 25.7. The highest BCUT2D eigenvalue weighted by Gasteiger charge is 2.51. The van der Waals surface area contributed by atoms with Crippen molar-refractivity contribution in [2.24, 2.45) is 11.8 Å². The van der Waals surface area contributed by atoms with Gasteiger partial charge in [0.25, 0.3) is 5.91 Å². The van der Waals surface area contributed by atoms with Gasteiger partial charge in [0.15, 0.2) is 6.61 Å². The maximum absolute atomic E-state index is 13.2. The van der Waals surface area contributed by atoms with Gasteiger partial charge in [0.2, 0.25) is 11.8 Å². The number of anilines is 1. The van der Waals surface area contributed by atoms with E-state index in [1.54, 1.807) is 18.2 Å². The summed E-state index contributed by atoms with van der Waals surface area (Å²) in [4.78, 5) is 53.1. The number of allylic oxidation sites excluding steroid dienone is 2. The van der Waals surface area contributed by atoms with E-state index in [2.05, 4.69) is 5.32 Å². The SMILES string of the molecule is COc1ccc(OC)c(NC(=O)COC(=O)[C@@H](Cc2ccccc2)N2C(=O)[C@H]3CC=CC[C@H]3C2=O)c1. The van der Waals surface area contributed by atoms with E-state index in [-0.39, 0.29) is 18.2 Å². The molecule has 4 rings (SSSR count). The lowest BCUT2D eigenvalue weighted by Crippen LogP contribution is -2.48. The Balaban J connectivity index is 1.49. The van der Waals surface area contributed by atoms with Crippen molar-refractivity contribution in [1.82, 2.24) is 4.90 Å². The molecule has 36 heavy (non-hydrogen) atoms. The largest absolute Gasteiger partial charge is 0.497 e. The van der Waals surface area contributed by atoms with Gasteiger partial charge in [0.1, 0.15) is 17.5 Å². The molecule has 0 unspecified atom stereocenters. The van der Waals surface area contributed by atoms with E-state index in [0.717, 1.165) is 10.5 Å². The molecule has 0 spiro atoms. The number of imide groups is 1. The van der Waals surface area contributed by atoms with Crippen LogP contribution in [0.1, 0.15) is 18.4 Å². The number of amides is 3. The molecule has 0 aromatic heterocycles. The summed E-state index contributed by atoms with van der Waals surface area (Å²) in [7, 11) is 2.96. The molecule has 9 heteroatoms. The minimum atomic E-state index is -1.17. The van der Waals surface area contributed by atoms with Crippen molar-refractivity contribution < 1.29 is 33.4 Å². The van der Waals surface area contributed by atoms with Gasteiger partial charge in [-0.05, 0) is 30.5 Å². The van der Waals surface area contributed by atoms with E-state index in [0.29, 0.717) is 30.0 Å². The Morgan fingerprint density at radius 1 is 0.972 bits per heavy atom. The molecule has 1 saturated heterocycles. The van der Waals surface area contributed by atoms with Gasteiger partial charge < -0.3 is 19.5 Å². The lowest BCUT2D eigenvalue weighted by atomic mass is 9.85. The fourth-order valence-corrected chi connectivity index (χ4v) is 4.58. The van der Waals surface area contributed by atoms with Crippen LogP contribution in [-0.2, 0) is 30.3 Å². The van der Waals surface area contributed by atoms with Crippen molar-refractivity contribution in [2.75, 3.05) is 26.1 Å². The number of carbonyl (C=O) groups excluding carboxylic acids is 4. The van der Waals surface area contributed by atoms with Crippen molar-refractivity contribution in [2.45, 2.75) is 25.3 Å². The number of nitrogens with one attached hydrogen (secondary N) is 1. The lowest BCUT2D eigenvalue weighted by molar-refractivity contribution is -0.160. The van der Waals surface area contributed by atoms with Gasteiger partial charge in [-0.25, -0.2) is 4.79 Å². The number of fused-ring (bicyclic) bond motifs is 1. The Morgan fingerprint density at radius 2 is 1.64 bits per heavy atom. The fourth-order valence-electron chi connectivity index (χ4n) is 4.58. The van der Waals surface area contributed by atoms with Gasteiger partial charge in [-0.1, -0.05) is 42.5 Å². The smallest absolute Gasteiger partial charge is 0.330 e. The van der Waals surface area contributed by atoms with E-state index in [1.807, 2.05) is 42.5 Å². The topological polar surface area (TPSA) is 111 Å². The first-order valence-corrected chi connectivity index (χ1v) is 11.7. The fraction of sp³-hybridized carbons (Fsp3) is 0.333. The Morgan fingerprint density at radius 3 is 2.25 bits per heavy atom. The summed E-state index contributed by atoms with van der Waals surface area (Å²) in [6.07, 6.45) is 4.79. The second-order valence-electron chi connectivity index (χ2n) is 8.63. The normalized spacial score (nSPS) is 19.4. The van der Waals surface area contributed by atoms with Crippen molar-refractivity contribution in [3.8, 4) is 11.5 Å². The summed E-state index contributed by atoms with van der Waals surface area (Å²) in [6, 6.07) is 12.8. The number of rotatable bonds is 9. The molecular formula is C27H28N2O7. The number of methoxy groups -OCH3 is 2. The summed E-state index contributed by atoms with van der Waals surface area (Å²) < 4.78 is 15.7. The highest BCUT2D eigenvalue weighted by Crippen LogP contribution is 2.37. The number of hydrogen-bond acceptors (Lipinski definition) is 7. The second kappa shape index (κ2) is 11.1. The first kappa shape index (κ1) is 25.0. The average molecular weight is 493 g/mol. The van der Waals surface area contributed by atoms with Crippen LogP contribution in [0.4, 0.5) is 5.69 Å². The summed E-state index contributed by atoms with van der Waals surface area (Å²) in [6.45, 7) is -0.602. The highest BCUT2D eigenvalue weighted by molar-refractivity contribution is 6.08. The zero-order valence-electron chi connectivity index (χ0n) is 20.1. The molecule has 0 radical (unpaired) electrons. The van der Waals surface area contributed by atoms with Crippen molar-refractivity contribution in [1.29, 1.82) is 0 Å². The minimum Gasteiger partial charge on any atom is -0.497 e. The van der Waals surface area contributed by atoms with Gasteiger partial charge in [-0.15, -0.1) is 0 Å². The molecule has 0 saturated carbocycles. The molecule has 188 valence electrons. The Hall–Kier alpha value is -4.14. The third kappa shape index (κ3) is 5.25. The quantitative estimate of drug-likeness (QED) is 0.326. The molecule has 2 aromatic rings. The Labute approximate surface area is 209 Å². The number of likely N-dealkylation sites (tertiary alicyclic amines) is 1. The molecule has 1 N–H and O–H groups in total. The predicted molar refractivity (Wildman–Crippen MR) is 130 cm³/mol. The van der Waals surface area contributed by atoms with E-state index >= 15 is 0 Å². The first-order valence-electron chi connectivity index (χ1n) is 11.7. The summed E-state index contributed by atoms with van der Waals surface area (Å²) >= 11 is 0. The standard InChI is InChI=1S/C27H28N2O7/c1-34-18-12-13-23(35-2)21(15-18)28-24(30)16-36-27(33)22(14-17-8-4-3-5-9-17)29-25(31)19-10-6-7-11-20(19)26(29)32/h3-9,12-13,15,19-20,22H,10-11,14,16H2,1-2H3,(H,28,30)/t19-,20+,22-/m1/s1. The third-order valence-electron chi connectivity index (χ3n) is 6.42. The van der Waals surface area contributed by atoms with Crippen LogP contribution in [-0.4, -0.2) is 55.5 Å². The molecule has 1 aliphatic heterocycles. The molecule has 2 aromatic carbocycles. The number of nitrogens with zero attached hydrogens (tertiary/aromatic N) is 1. The number of carbonyl (C=O) groups is 4. The molecule has 1 aliphatic carbocycles. The van der Waals surface area contributed by atoms with Gasteiger partial charge in [0.05, 0.1) is 31.7 Å². The van der Waals surface area contributed by atoms with Crippen LogP contribution in [0.15, 0.2) is 60.7 Å². The van der Waals surface area contributed by atoms with Crippen LogP contribution in [0.25, 0.3) is 0 Å². The summed E-state index contributed by atoms with van der Waals surface area (Å²) in [5.41, 5.74) is 1.11. The van der Waals surface area contributed by atoms with Gasteiger partial charge in [-0.2, -0.15) is 0 Å². The number of esters is 1. The van der Waals surface area contributed by atoms with E-state index < -0.39 is 36.4 Å². The van der Waals surface area contributed by atoms with Crippen LogP contribution in [0.3, 0.4) is 0 Å². The number of ether oxygens (including phenoxy) is 3. The summed E-state index contributed by atoms with van der Waals surface area (Å²) in [5.74, 6) is -2.22. The number of benzene rings is 2. The van der Waals surface area contributed by atoms with Crippen LogP contribution >= 0.6 is 0 Å². The predicted octanol–water partition coefficient (Wildman–Crippen LogP) is 2.75. The molecule has 1 heterocycles. The molecule has 3 amide bonds. The van der Waals surface area contributed by atoms with E-state index in [1.165, 1.54) is 14.2 Å². The third-order valence-corrected chi connectivity index (χ3v) is 6.42. The maximum Gasteiger partial charge on any atom is 0.330 e. The molecule has 2 aliphatic rings. The summed E-state index contributed by atoms with van der Waals surface area (Å²) in [5, 5.41) is 2.63. The van der Waals surface area contributed by atoms with Gasteiger partial charge >= 0.3 is 5.97 Å². The second-order valence-corrected chi connectivity index (χ2v) is 8.63. The monoisotopic (exact) mass is 492 g/mol. The molecule has 0 bridgehead atoms. The van der Waals surface area contributed by atoms with Crippen molar-refractivity contribution >= 4 is 29.4 Å². The van der Waals surface area contributed by atoms with Gasteiger partial charge in [0, 0.05) is 12.5 Å². The number of hydrogen-bond donors (Lipinski definition) is 1. The van der Waals surface area contributed by atoms with Crippen LogP contribution in [0.5, 0.6) is 11.5 Å². The lowest BCUT2D eigenvalue weighted by Gasteiger charge is -2.25. The Bertz CT molecular complexity index is 1150. The highest BCUT2D eigenvalue weighted by atomic mass is 16.5. The Kier molecular flexibility index (Phi) is 7.68. The van der Waals surface area contributed by atoms with Crippen LogP contribution in [0.2, 0.25) is 0 Å². The van der Waals surface area contributed by atoms with Gasteiger partial charge in [-0.3, -0.25) is 19.3 Å². The van der Waals surface area contributed by atoms with E-state index in [4.69, 9.17) is 14.2 Å². The van der Waals surface area contributed by atoms with Crippen LogP contribution < -0.4 is 14.8 Å². The van der Waals surface area contributed by atoms with Crippen LogP contribution in [0, 0.1) is 11.8 Å². The molecule has 3 atom stereocenters. The first-order chi connectivity index (χ1) is 17.4. The molecule has 9 nitrogen and oxygen atoms in total.